The lowest BCUT2D eigenvalue weighted by molar-refractivity contribution is -0.130. The summed E-state index contributed by atoms with van der Waals surface area (Å²) in [5.41, 5.74) is 16.8. The number of aliphatic hydroxyl groups excluding tert-OH is 1. The largest absolute Gasteiger partial charge is 0.494 e. The lowest BCUT2D eigenvalue weighted by Gasteiger charge is -2.32. The average molecular weight is 614 g/mol. The van der Waals surface area contributed by atoms with Crippen LogP contribution in [0.25, 0.3) is 10.4 Å². The molecule has 2 aliphatic rings. The highest BCUT2D eigenvalue weighted by molar-refractivity contribution is 6.01. The second-order valence-electron chi connectivity index (χ2n) is 10.9. The van der Waals surface area contributed by atoms with Crippen LogP contribution in [0, 0.1) is 0 Å². The minimum atomic E-state index is -1.40. The second-order valence-corrected chi connectivity index (χ2v) is 10.9. The Hall–Kier alpha value is -4.45. The number of azide groups is 1. The van der Waals surface area contributed by atoms with Gasteiger partial charge in [-0.1, -0.05) is 59.7 Å². The van der Waals surface area contributed by atoms with E-state index in [2.05, 4.69) is 25.8 Å². The Morgan fingerprint density at radius 3 is 2.60 bits per heavy atom. The van der Waals surface area contributed by atoms with Crippen molar-refractivity contribution in [3.05, 3.63) is 112 Å². The van der Waals surface area contributed by atoms with Crippen LogP contribution in [0.5, 0.6) is 5.75 Å². The van der Waals surface area contributed by atoms with Gasteiger partial charge in [-0.3, -0.25) is 15.1 Å². The number of carbonyl (C=O) groups is 1. The molecule has 3 N–H and O–H groups in total. The molecular formula is C33H39N7O5. The molecule has 0 bridgehead atoms. The molecule has 0 radical (unpaired) electrons. The highest BCUT2D eigenvalue weighted by Gasteiger charge is 2.53. The fourth-order valence-electron chi connectivity index (χ4n) is 5.50. The normalized spacial score (nSPS) is 19.7. The highest BCUT2D eigenvalue weighted by atomic mass is 16.5. The molecule has 3 aromatic carbocycles. The molecule has 2 atom stereocenters. The zero-order valence-corrected chi connectivity index (χ0v) is 25.2. The van der Waals surface area contributed by atoms with Crippen LogP contribution in [-0.2, 0) is 27.2 Å². The lowest BCUT2D eigenvalue weighted by Crippen LogP contribution is -2.55. The fraction of sp³-hybridized carbons (Fsp3) is 0.394. The Balaban J connectivity index is 1.49. The maximum absolute atomic E-state index is 14.4. The highest BCUT2D eigenvalue weighted by Crippen LogP contribution is 2.43. The minimum Gasteiger partial charge on any atom is -0.494 e. The summed E-state index contributed by atoms with van der Waals surface area (Å²) in [5, 5.41) is 12.9. The smallest absolute Gasteiger partial charge is 0.266 e. The van der Waals surface area contributed by atoms with Crippen LogP contribution < -0.4 is 15.6 Å². The number of carbonyl (C=O) groups excluding carboxylic acids is 1. The average Bonchev–Trinajstić information content (AvgIpc) is 3.47. The van der Waals surface area contributed by atoms with Crippen LogP contribution in [0.3, 0.4) is 0 Å². The van der Waals surface area contributed by atoms with Crippen molar-refractivity contribution in [1.82, 2.24) is 15.8 Å². The molecule has 5 rings (SSSR count). The van der Waals surface area contributed by atoms with Crippen molar-refractivity contribution in [3.63, 3.8) is 0 Å². The Bertz CT molecular complexity index is 1470. The van der Waals surface area contributed by atoms with Gasteiger partial charge in [-0.25, -0.2) is 10.4 Å². The number of nitrogens with one attached hydrogen (secondary N) is 2. The summed E-state index contributed by atoms with van der Waals surface area (Å²) in [5.74, 6) is 0.635. The van der Waals surface area contributed by atoms with Crippen molar-refractivity contribution in [3.8, 4) is 5.75 Å². The van der Waals surface area contributed by atoms with Gasteiger partial charge in [0.25, 0.3) is 5.91 Å². The standard InChI is InChI=1S/C33H39N7O5/c34-39-36-24-27-9-4-5-10-29(27)30-33(23-25-7-2-1-3-8-25,32(42)38-35-15-16-40-17-21-43-22-18-40)37-31(45-30)26-11-13-28(14-12-26)44-20-6-19-41/h1-5,7-14,30,35,41H,6,15-24H2,(H,38,42)/t30-,33-/m0/s1. The van der Waals surface area contributed by atoms with Crippen LogP contribution in [0.2, 0.25) is 0 Å². The number of rotatable bonds is 15. The summed E-state index contributed by atoms with van der Waals surface area (Å²) in [6, 6.07) is 24.5. The zero-order chi connectivity index (χ0) is 31.3. The van der Waals surface area contributed by atoms with Crippen LogP contribution in [0.4, 0.5) is 0 Å². The number of hydrazine groups is 1. The van der Waals surface area contributed by atoms with E-state index in [9.17, 15) is 4.79 Å². The first kappa shape index (κ1) is 32.0. The molecule has 1 saturated heterocycles. The van der Waals surface area contributed by atoms with Gasteiger partial charge >= 0.3 is 0 Å². The number of amides is 1. The van der Waals surface area contributed by atoms with E-state index in [1.54, 1.807) is 0 Å². The van der Waals surface area contributed by atoms with E-state index in [1.165, 1.54) is 0 Å². The molecule has 45 heavy (non-hydrogen) atoms. The van der Waals surface area contributed by atoms with E-state index in [0.717, 1.165) is 30.8 Å². The number of aliphatic hydroxyl groups is 1. The predicted molar refractivity (Wildman–Crippen MR) is 170 cm³/mol. The minimum absolute atomic E-state index is 0.0545. The summed E-state index contributed by atoms with van der Waals surface area (Å²) >= 11 is 0. The van der Waals surface area contributed by atoms with Gasteiger partial charge in [0.15, 0.2) is 11.6 Å². The van der Waals surface area contributed by atoms with E-state index in [1.807, 2.05) is 78.9 Å². The van der Waals surface area contributed by atoms with E-state index in [0.29, 0.717) is 55.6 Å². The van der Waals surface area contributed by atoms with Crippen molar-refractivity contribution >= 4 is 11.8 Å². The Kier molecular flexibility index (Phi) is 11.4. The molecule has 2 heterocycles. The van der Waals surface area contributed by atoms with Crippen molar-refractivity contribution in [2.75, 3.05) is 52.6 Å². The third-order valence-electron chi connectivity index (χ3n) is 7.85. The van der Waals surface area contributed by atoms with Gasteiger partial charge in [0, 0.05) is 56.1 Å². The predicted octanol–water partition coefficient (Wildman–Crippen LogP) is 3.71. The molecule has 1 fully saturated rings. The molecule has 12 nitrogen and oxygen atoms in total. The van der Waals surface area contributed by atoms with Crippen molar-refractivity contribution < 1.29 is 24.1 Å². The zero-order valence-electron chi connectivity index (χ0n) is 25.2. The molecule has 0 saturated carbocycles. The molecule has 1 amide bonds. The first-order valence-electron chi connectivity index (χ1n) is 15.2. The van der Waals surface area contributed by atoms with E-state index in [-0.39, 0.29) is 25.5 Å². The topological polar surface area (TPSA) is 153 Å². The summed E-state index contributed by atoms with van der Waals surface area (Å²) in [6.07, 6.45) is -0.0251. The van der Waals surface area contributed by atoms with Crippen LogP contribution in [0.1, 0.15) is 34.8 Å². The fourth-order valence-corrected chi connectivity index (χ4v) is 5.50. The first-order chi connectivity index (χ1) is 22.1. The summed E-state index contributed by atoms with van der Waals surface area (Å²) < 4.78 is 17.8. The summed E-state index contributed by atoms with van der Waals surface area (Å²) in [6.45, 7) is 4.96. The maximum Gasteiger partial charge on any atom is 0.266 e. The van der Waals surface area contributed by atoms with E-state index >= 15 is 0 Å². The molecular weight excluding hydrogens is 574 g/mol. The van der Waals surface area contributed by atoms with E-state index < -0.39 is 11.6 Å². The van der Waals surface area contributed by atoms with Crippen LogP contribution in [0.15, 0.2) is 89.0 Å². The van der Waals surface area contributed by atoms with Gasteiger partial charge in [0.05, 0.1) is 26.4 Å². The lowest BCUT2D eigenvalue weighted by atomic mass is 9.81. The molecule has 0 spiro atoms. The number of aliphatic imine (C=N–C) groups is 1. The monoisotopic (exact) mass is 613 g/mol. The summed E-state index contributed by atoms with van der Waals surface area (Å²) in [7, 11) is 0. The first-order valence-corrected chi connectivity index (χ1v) is 15.2. The molecule has 236 valence electrons. The molecule has 0 unspecified atom stereocenters. The van der Waals surface area contributed by atoms with Gasteiger partial charge < -0.3 is 19.3 Å². The van der Waals surface area contributed by atoms with Crippen molar-refractivity contribution in [2.45, 2.75) is 31.0 Å². The molecule has 3 aromatic rings. The van der Waals surface area contributed by atoms with Crippen molar-refractivity contribution in [2.24, 2.45) is 10.1 Å². The number of nitrogens with zero attached hydrogens (tertiary/aromatic N) is 5. The van der Waals surface area contributed by atoms with Gasteiger partial charge in [0.1, 0.15) is 5.75 Å². The van der Waals surface area contributed by atoms with Gasteiger partial charge in [-0.2, -0.15) is 0 Å². The molecule has 0 aromatic heterocycles. The Labute approximate surface area is 262 Å². The molecule has 12 heteroatoms. The van der Waals surface area contributed by atoms with Gasteiger partial charge in [-0.05, 0) is 46.5 Å². The Morgan fingerprint density at radius 1 is 1.09 bits per heavy atom. The maximum atomic E-state index is 14.4. The van der Waals surface area contributed by atoms with Gasteiger partial charge in [0.2, 0.25) is 5.90 Å². The third-order valence-corrected chi connectivity index (χ3v) is 7.85. The molecule has 2 aliphatic heterocycles. The third kappa shape index (κ3) is 8.18. The van der Waals surface area contributed by atoms with Gasteiger partial charge in [-0.15, -0.1) is 0 Å². The van der Waals surface area contributed by atoms with Crippen molar-refractivity contribution in [1.29, 1.82) is 0 Å². The number of hydrogen-bond acceptors (Lipinski definition) is 9. The summed E-state index contributed by atoms with van der Waals surface area (Å²) in [4.78, 5) is 24.7. The van der Waals surface area contributed by atoms with E-state index in [4.69, 9.17) is 29.8 Å². The number of ether oxygens (including phenoxy) is 3. The van der Waals surface area contributed by atoms with Crippen LogP contribution >= 0.6 is 0 Å². The second kappa shape index (κ2) is 16.0. The SMILES string of the molecule is [N-]=[N+]=NCc1ccccc1[C@@H]1OC(c2ccc(OCCCO)cc2)=N[C@]1(Cc1ccccc1)C(=O)NNCCN1CCOCC1. The molecule has 0 aliphatic carbocycles. The number of morpholine rings is 1. The van der Waals surface area contributed by atoms with Crippen LogP contribution in [-0.4, -0.2) is 80.0 Å². The number of benzene rings is 3. The number of hydrogen-bond donors (Lipinski definition) is 3. The quantitative estimate of drug-likeness (QED) is 0.0777. The Morgan fingerprint density at radius 2 is 1.84 bits per heavy atom.